The lowest BCUT2D eigenvalue weighted by Gasteiger charge is -2.08. The summed E-state index contributed by atoms with van der Waals surface area (Å²) in [5.41, 5.74) is 10.1. The van der Waals surface area contributed by atoms with E-state index >= 15 is 0 Å². The van der Waals surface area contributed by atoms with Crippen molar-refractivity contribution >= 4 is 5.69 Å². The number of nitrogens with two attached hydrogens (primary N) is 1. The number of anilines is 1. The maximum Gasteiger partial charge on any atom is 0.213 e. The summed E-state index contributed by atoms with van der Waals surface area (Å²) in [6.07, 6.45) is 2.68. The normalized spacial score (nSPS) is 10.2. The minimum atomic E-state index is 0.623. The van der Waals surface area contributed by atoms with Crippen LogP contribution in [0, 0.1) is 0 Å². The lowest BCUT2D eigenvalue weighted by molar-refractivity contribution is 0.398. The summed E-state index contributed by atoms with van der Waals surface area (Å²) in [4.78, 5) is 4.10. The number of benzene rings is 1. The van der Waals surface area contributed by atoms with Crippen LogP contribution in [-0.2, 0) is 6.42 Å². The molecule has 1 heterocycles. The molecule has 0 saturated carbocycles. The second kappa shape index (κ2) is 4.87. The predicted octanol–water partition coefficient (Wildman–Crippen LogP) is 2.90. The Kier molecular flexibility index (Phi) is 3.28. The SMILES string of the molecule is CCc1cc(-c2ccnc(OC)c2)ccc1N. The smallest absolute Gasteiger partial charge is 0.213 e. The van der Waals surface area contributed by atoms with Crippen molar-refractivity contribution in [1.29, 1.82) is 0 Å². The molecular formula is C14H16N2O. The van der Waals surface area contributed by atoms with Crippen LogP contribution in [-0.4, -0.2) is 12.1 Å². The van der Waals surface area contributed by atoms with Crippen molar-refractivity contribution in [2.45, 2.75) is 13.3 Å². The van der Waals surface area contributed by atoms with Gasteiger partial charge in [-0.25, -0.2) is 4.98 Å². The summed E-state index contributed by atoms with van der Waals surface area (Å²) in [5.74, 6) is 0.623. The molecule has 2 aromatic rings. The molecule has 0 atom stereocenters. The van der Waals surface area contributed by atoms with Crippen LogP contribution in [0.25, 0.3) is 11.1 Å². The van der Waals surface area contributed by atoms with E-state index in [1.807, 2.05) is 24.3 Å². The lowest BCUT2D eigenvalue weighted by Crippen LogP contribution is -1.93. The van der Waals surface area contributed by atoms with E-state index in [9.17, 15) is 0 Å². The molecule has 17 heavy (non-hydrogen) atoms. The van der Waals surface area contributed by atoms with Gasteiger partial charge in [-0.05, 0) is 41.3 Å². The highest BCUT2D eigenvalue weighted by Crippen LogP contribution is 2.25. The Labute approximate surface area is 101 Å². The Bertz CT molecular complexity index is 523. The first-order valence-corrected chi connectivity index (χ1v) is 5.63. The molecule has 0 aliphatic heterocycles. The Morgan fingerprint density at radius 3 is 2.65 bits per heavy atom. The molecule has 0 amide bonds. The van der Waals surface area contributed by atoms with Crippen LogP contribution in [0.4, 0.5) is 5.69 Å². The number of methoxy groups -OCH3 is 1. The van der Waals surface area contributed by atoms with Crippen molar-refractivity contribution in [1.82, 2.24) is 4.98 Å². The molecule has 1 aromatic heterocycles. The van der Waals surface area contributed by atoms with Crippen LogP contribution in [0.1, 0.15) is 12.5 Å². The first-order chi connectivity index (χ1) is 8.24. The second-order valence-electron chi connectivity index (χ2n) is 3.85. The molecular weight excluding hydrogens is 212 g/mol. The van der Waals surface area contributed by atoms with E-state index in [0.29, 0.717) is 5.88 Å². The van der Waals surface area contributed by atoms with Crippen LogP contribution in [0.2, 0.25) is 0 Å². The average Bonchev–Trinajstić information content (AvgIpc) is 2.39. The van der Waals surface area contributed by atoms with Gasteiger partial charge in [0, 0.05) is 18.0 Å². The number of hydrogen-bond donors (Lipinski definition) is 1. The minimum absolute atomic E-state index is 0.623. The number of nitrogen functional groups attached to an aromatic ring is 1. The molecule has 1 aromatic carbocycles. The second-order valence-corrected chi connectivity index (χ2v) is 3.85. The highest BCUT2D eigenvalue weighted by molar-refractivity contribution is 5.68. The van der Waals surface area contributed by atoms with Gasteiger partial charge in [-0.15, -0.1) is 0 Å². The van der Waals surface area contributed by atoms with Gasteiger partial charge in [0.25, 0.3) is 0 Å². The van der Waals surface area contributed by atoms with Gasteiger partial charge < -0.3 is 10.5 Å². The number of rotatable bonds is 3. The molecule has 3 heteroatoms. The molecule has 0 saturated heterocycles. The van der Waals surface area contributed by atoms with Gasteiger partial charge in [-0.2, -0.15) is 0 Å². The molecule has 0 aliphatic carbocycles. The van der Waals surface area contributed by atoms with Crippen LogP contribution in [0.15, 0.2) is 36.5 Å². The molecule has 0 spiro atoms. The third-order valence-electron chi connectivity index (χ3n) is 2.80. The number of pyridine rings is 1. The number of hydrogen-bond acceptors (Lipinski definition) is 3. The van der Waals surface area contributed by atoms with E-state index in [1.165, 1.54) is 5.56 Å². The largest absolute Gasteiger partial charge is 0.481 e. The molecule has 2 rings (SSSR count). The fourth-order valence-corrected chi connectivity index (χ4v) is 1.79. The summed E-state index contributed by atoms with van der Waals surface area (Å²) in [5, 5.41) is 0. The monoisotopic (exact) mass is 228 g/mol. The van der Waals surface area contributed by atoms with Gasteiger partial charge in [-0.1, -0.05) is 13.0 Å². The molecule has 2 N–H and O–H groups in total. The zero-order valence-electron chi connectivity index (χ0n) is 10.1. The van der Waals surface area contributed by atoms with Gasteiger partial charge in [-0.3, -0.25) is 0 Å². The highest BCUT2D eigenvalue weighted by Gasteiger charge is 2.03. The topological polar surface area (TPSA) is 48.1 Å². The average molecular weight is 228 g/mol. The molecule has 0 unspecified atom stereocenters. The van der Waals surface area contributed by atoms with Crippen molar-refractivity contribution in [2.24, 2.45) is 0 Å². The molecule has 0 bridgehead atoms. The van der Waals surface area contributed by atoms with Crippen molar-refractivity contribution in [3.63, 3.8) is 0 Å². The van der Waals surface area contributed by atoms with Crippen molar-refractivity contribution < 1.29 is 4.74 Å². The van der Waals surface area contributed by atoms with E-state index in [0.717, 1.165) is 23.2 Å². The third-order valence-corrected chi connectivity index (χ3v) is 2.80. The van der Waals surface area contributed by atoms with Crippen LogP contribution in [0.3, 0.4) is 0 Å². The number of aromatic nitrogens is 1. The predicted molar refractivity (Wildman–Crippen MR) is 70.0 cm³/mol. The Morgan fingerprint density at radius 1 is 1.18 bits per heavy atom. The van der Waals surface area contributed by atoms with Crippen LogP contribution in [0.5, 0.6) is 5.88 Å². The zero-order valence-corrected chi connectivity index (χ0v) is 10.1. The van der Waals surface area contributed by atoms with Crippen molar-refractivity contribution in [3.8, 4) is 17.0 Å². The van der Waals surface area contributed by atoms with E-state index in [4.69, 9.17) is 10.5 Å². The van der Waals surface area contributed by atoms with Gasteiger partial charge in [0.2, 0.25) is 5.88 Å². The molecule has 3 nitrogen and oxygen atoms in total. The van der Waals surface area contributed by atoms with Crippen LogP contribution < -0.4 is 10.5 Å². The van der Waals surface area contributed by atoms with E-state index < -0.39 is 0 Å². The number of aryl methyl sites for hydroxylation is 1. The van der Waals surface area contributed by atoms with Gasteiger partial charge in [0.15, 0.2) is 0 Å². The summed E-state index contributed by atoms with van der Waals surface area (Å²) in [7, 11) is 1.62. The molecule has 0 aliphatic rings. The summed E-state index contributed by atoms with van der Waals surface area (Å²) in [6, 6.07) is 9.97. The van der Waals surface area contributed by atoms with Crippen molar-refractivity contribution in [3.05, 3.63) is 42.1 Å². The number of nitrogens with zero attached hydrogens (tertiary/aromatic N) is 1. The quantitative estimate of drug-likeness (QED) is 0.822. The fourth-order valence-electron chi connectivity index (χ4n) is 1.79. The maximum atomic E-state index is 5.90. The highest BCUT2D eigenvalue weighted by atomic mass is 16.5. The molecule has 0 radical (unpaired) electrons. The number of ether oxygens (including phenoxy) is 1. The summed E-state index contributed by atoms with van der Waals surface area (Å²) >= 11 is 0. The Hall–Kier alpha value is -2.03. The Balaban J connectivity index is 2.45. The van der Waals surface area contributed by atoms with E-state index in [1.54, 1.807) is 13.3 Å². The lowest BCUT2D eigenvalue weighted by atomic mass is 10.0. The zero-order chi connectivity index (χ0) is 12.3. The van der Waals surface area contributed by atoms with Gasteiger partial charge >= 0.3 is 0 Å². The molecule has 0 fully saturated rings. The van der Waals surface area contributed by atoms with Crippen LogP contribution >= 0.6 is 0 Å². The first-order valence-electron chi connectivity index (χ1n) is 5.63. The minimum Gasteiger partial charge on any atom is -0.481 e. The third kappa shape index (κ3) is 2.38. The van der Waals surface area contributed by atoms with Gasteiger partial charge in [0.1, 0.15) is 0 Å². The maximum absolute atomic E-state index is 5.90. The molecule has 88 valence electrons. The standard InChI is InChI=1S/C14H16N2O/c1-3-10-8-11(4-5-13(10)15)12-6-7-16-14(9-12)17-2/h4-9H,3,15H2,1-2H3. The summed E-state index contributed by atoms with van der Waals surface area (Å²) in [6.45, 7) is 2.10. The van der Waals surface area contributed by atoms with Gasteiger partial charge in [0.05, 0.1) is 7.11 Å². The van der Waals surface area contributed by atoms with E-state index in [-0.39, 0.29) is 0 Å². The fraction of sp³-hybridized carbons (Fsp3) is 0.214. The summed E-state index contributed by atoms with van der Waals surface area (Å²) < 4.78 is 5.12. The van der Waals surface area contributed by atoms with E-state index in [2.05, 4.69) is 18.0 Å². The van der Waals surface area contributed by atoms with Crippen molar-refractivity contribution in [2.75, 3.05) is 12.8 Å². The first kappa shape index (κ1) is 11.5. The Morgan fingerprint density at radius 2 is 1.94 bits per heavy atom.